The Hall–Kier alpha value is -0.340. The molecule has 0 aliphatic carbocycles. The van der Waals surface area contributed by atoms with Gasteiger partial charge in [-0.15, -0.1) is 11.3 Å². The predicted molar refractivity (Wildman–Crippen MR) is 69.6 cm³/mol. The first-order chi connectivity index (χ1) is 7.36. The number of rotatable bonds is 8. The molecule has 0 fully saturated rings. The third-order valence-electron chi connectivity index (χ3n) is 2.69. The summed E-state index contributed by atoms with van der Waals surface area (Å²) in [4.78, 5) is 1.53. The summed E-state index contributed by atoms with van der Waals surface area (Å²) in [6, 6.07) is 5.13. The fourth-order valence-electron chi connectivity index (χ4n) is 1.96. The summed E-state index contributed by atoms with van der Waals surface area (Å²) in [5.41, 5.74) is 0. The quantitative estimate of drug-likeness (QED) is 0.708. The van der Waals surface area contributed by atoms with Crippen molar-refractivity contribution >= 4 is 11.3 Å². The summed E-state index contributed by atoms with van der Waals surface area (Å²) < 4.78 is 0. The molecule has 0 bridgehead atoms. The van der Waals surface area contributed by atoms with Crippen molar-refractivity contribution < 1.29 is 0 Å². The second kappa shape index (κ2) is 7.89. The summed E-state index contributed by atoms with van der Waals surface area (Å²) in [6.45, 7) is 5.56. The second-order valence-electron chi connectivity index (χ2n) is 4.01. The Bertz CT molecular complexity index is 225. The Labute approximate surface area is 97.9 Å². The van der Waals surface area contributed by atoms with E-state index in [-0.39, 0.29) is 0 Å². The SMILES string of the molecule is CCCC(CCCc1cccs1)NCC. The van der Waals surface area contributed by atoms with E-state index < -0.39 is 0 Å². The number of hydrogen-bond donors (Lipinski definition) is 1. The normalized spacial score (nSPS) is 12.9. The van der Waals surface area contributed by atoms with E-state index in [4.69, 9.17) is 0 Å². The Kier molecular flexibility index (Phi) is 6.69. The third kappa shape index (κ3) is 5.33. The lowest BCUT2D eigenvalue weighted by Gasteiger charge is -2.16. The van der Waals surface area contributed by atoms with Crippen LogP contribution in [0.15, 0.2) is 17.5 Å². The van der Waals surface area contributed by atoms with Crippen molar-refractivity contribution in [3.63, 3.8) is 0 Å². The molecule has 1 heterocycles. The topological polar surface area (TPSA) is 12.0 Å². The monoisotopic (exact) mass is 225 g/mol. The van der Waals surface area contributed by atoms with Gasteiger partial charge in [-0.25, -0.2) is 0 Å². The standard InChI is InChI=1S/C13H23NS/c1-3-7-12(14-4-2)8-5-9-13-10-6-11-15-13/h6,10-12,14H,3-5,7-9H2,1-2H3. The summed E-state index contributed by atoms with van der Waals surface area (Å²) in [7, 11) is 0. The highest BCUT2D eigenvalue weighted by atomic mass is 32.1. The van der Waals surface area contributed by atoms with Gasteiger partial charge < -0.3 is 5.32 Å². The van der Waals surface area contributed by atoms with Gasteiger partial charge in [-0.2, -0.15) is 0 Å². The zero-order valence-corrected chi connectivity index (χ0v) is 10.8. The number of thiophene rings is 1. The lowest BCUT2D eigenvalue weighted by Crippen LogP contribution is -2.28. The lowest BCUT2D eigenvalue weighted by atomic mass is 10.0. The van der Waals surface area contributed by atoms with Crippen LogP contribution in [0.4, 0.5) is 0 Å². The van der Waals surface area contributed by atoms with Crippen LogP contribution in [-0.2, 0) is 6.42 Å². The van der Waals surface area contributed by atoms with Gasteiger partial charge in [0.1, 0.15) is 0 Å². The molecule has 1 aromatic heterocycles. The van der Waals surface area contributed by atoms with Crippen molar-refractivity contribution in [1.29, 1.82) is 0 Å². The van der Waals surface area contributed by atoms with Gasteiger partial charge in [-0.3, -0.25) is 0 Å². The molecule has 1 N–H and O–H groups in total. The molecule has 2 heteroatoms. The van der Waals surface area contributed by atoms with Gasteiger partial charge in [-0.05, 0) is 43.7 Å². The van der Waals surface area contributed by atoms with Crippen LogP contribution in [0.3, 0.4) is 0 Å². The van der Waals surface area contributed by atoms with Crippen LogP contribution in [0.2, 0.25) is 0 Å². The largest absolute Gasteiger partial charge is 0.314 e. The maximum atomic E-state index is 3.57. The third-order valence-corrected chi connectivity index (χ3v) is 3.62. The summed E-state index contributed by atoms with van der Waals surface area (Å²) in [6.07, 6.45) is 6.50. The molecule has 0 aromatic carbocycles. The molecule has 0 spiro atoms. The van der Waals surface area contributed by atoms with Gasteiger partial charge in [0.2, 0.25) is 0 Å². The molecule has 0 amide bonds. The van der Waals surface area contributed by atoms with Crippen molar-refractivity contribution in [3.05, 3.63) is 22.4 Å². The van der Waals surface area contributed by atoms with E-state index in [1.54, 1.807) is 0 Å². The number of aryl methyl sites for hydroxylation is 1. The van der Waals surface area contributed by atoms with Gasteiger partial charge in [0.25, 0.3) is 0 Å². The maximum Gasteiger partial charge on any atom is 0.00669 e. The van der Waals surface area contributed by atoms with Gasteiger partial charge in [0.15, 0.2) is 0 Å². The molecular weight excluding hydrogens is 202 g/mol. The molecule has 1 rings (SSSR count). The molecular formula is C13H23NS. The Morgan fingerprint density at radius 2 is 2.20 bits per heavy atom. The average Bonchev–Trinajstić information content (AvgIpc) is 2.71. The minimum absolute atomic E-state index is 0.736. The van der Waals surface area contributed by atoms with Crippen molar-refractivity contribution in [2.24, 2.45) is 0 Å². The number of nitrogens with one attached hydrogen (secondary N) is 1. The Balaban J connectivity index is 2.15. The minimum Gasteiger partial charge on any atom is -0.314 e. The predicted octanol–water partition coefficient (Wildman–Crippen LogP) is 3.85. The first-order valence-electron chi connectivity index (χ1n) is 6.12. The number of hydrogen-bond acceptors (Lipinski definition) is 2. The van der Waals surface area contributed by atoms with Crippen LogP contribution in [0, 0.1) is 0 Å². The molecule has 0 saturated carbocycles. The highest BCUT2D eigenvalue weighted by molar-refractivity contribution is 7.09. The van der Waals surface area contributed by atoms with Gasteiger partial charge >= 0.3 is 0 Å². The van der Waals surface area contributed by atoms with Crippen LogP contribution >= 0.6 is 11.3 Å². The molecule has 1 nitrogen and oxygen atoms in total. The fourth-order valence-corrected chi connectivity index (χ4v) is 2.71. The summed E-state index contributed by atoms with van der Waals surface area (Å²) in [5.74, 6) is 0. The highest BCUT2D eigenvalue weighted by Gasteiger charge is 2.05. The van der Waals surface area contributed by atoms with Gasteiger partial charge in [0, 0.05) is 10.9 Å². The molecule has 0 radical (unpaired) electrons. The summed E-state index contributed by atoms with van der Waals surface area (Å²) >= 11 is 1.88. The van der Waals surface area contributed by atoms with E-state index in [0.29, 0.717) is 0 Å². The molecule has 1 atom stereocenters. The first kappa shape index (κ1) is 12.7. The first-order valence-corrected chi connectivity index (χ1v) is 7.00. The van der Waals surface area contributed by atoms with E-state index in [1.807, 2.05) is 11.3 Å². The van der Waals surface area contributed by atoms with E-state index in [2.05, 4.69) is 36.7 Å². The van der Waals surface area contributed by atoms with Gasteiger partial charge in [0.05, 0.1) is 0 Å². The zero-order valence-electron chi connectivity index (χ0n) is 9.96. The summed E-state index contributed by atoms with van der Waals surface area (Å²) in [5, 5.41) is 5.74. The van der Waals surface area contributed by atoms with Crippen molar-refractivity contribution in [3.8, 4) is 0 Å². The van der Waals surface area contributed by atoms with E-state index in [9.17, 15) is 0 Å². The van der Waals surface area contributed by atoms with E-state index >= 15 is 0 Å². The molecule has 1 aromatic rings. The molecule has 15 heavy (non-hydrogen) atoms. The maximum absolute atomic E-state index is 3.57. The van der Waals surface area contributed by atoms with Crippen molar-refractivity contribution in [2.75, 3.05) is 6.54 Å². The Morgan fingerprint density at radius 1 is 1.33 bits per heavy atom. The van der Waals surface area contributed by atoms with E-state index in [1.165, 1.54) is 37.0 Å². The Morgan fingerprint density at radius 3 is 2.80 bits per heavy atom. The van der Waals surface area contributed by atoms with Crippen LogP contribution in [0.1, 0.15) is 44.4 Å². The van der Waals surface area contributed by atoms with Gasteiger partial charge in [-0.1, -0.05) is 26.3 Å². The molecule has 0 aliphatic rings. The minimum atomic E-state index is 0.736. The van der Waals surface area contributed by atoms with Crippen molar-refractivity contribution in [2.45, 2.75) is 52.0 Å². The lowest BCUT2D eigenvalue weighted by molar-refractivity contribution is 0.448. The molecule has 0 saturated heterocycles. The van der Waals surface area contributed by atoms with Crippen molar-refractivity contribution in [1.82, 2.24) is 5.32 Å². The van der Waals surface area contributed by atoms with Crippen LogP contribution < -0.4 is 5.32 Å². The smallest absolute Gasteiger partial charge is 0.00669 e. The molecule has 86 valence electrons. The van der Waals surface area contributed by atoms with Crippen LogP contribution in [0.25, 0.3) is 0 Å². The zero-order chi connectivity index (χ0) is 10.9. The fraction of sp³-hybridized carbons (Fsp3) is 0.692. The molecule has 0 aliphatic heterocycles. The van der Waals surface area contributed by atoms with Crippen LogP contribution in [-0.4, -0.2) is 12.6 Å². The highest BCUT2D eigenvalue weighted by Crippen LogP contribution is 2.14. The molecule has 1 unspecified atom stereocenters. The second-order valence-corrected chi connectivity index (χ2v) is 5.05. The van der Waals surface area contributed by atoms with Crippen LogP contribution in [0.5, 0.6) is 0 Å². The van der Waals surface area contributed by atoms with E-state index in [0.717, 1.165) is 12.6 Å². The average molecular weight is 225 g/mol.